The van der Waals surface area contributed by atoms with E-state index in [4.69, 9.17) is 9.10 Å². The Bertz CT molecular complexity index is 858. The summed E-state index contributed by atoms with van der Waals surface area (Å²) < 4.78 is 11.8. The first-order chi connectivity index (χ1) is 12.6. The van der Waals surface area contributed by atoms with Gasteiger partial charge < -0.3 is 4.74 Å². The number of aryl methyl sites for hydroxylation is 1. The highest BCUT2D eigenvalue weighted by Crippen LogP contribution is 2.36. The van der Waals surface area contributed by atoms with Gasteiger partial charge in [0.05, 0.1) is 16.8 Å². The number of ether oxygens (including phenoxy) is 1. The van der Waals surface area contributed by atoms with Crippen LogP contribution in [-0.4, -0.2) is 16.8 Å². The molecule has 2 aromatic carbocycles. The lowest BCUT2D eigenvalue weighted by molar-refractivity contribution is 0.406. The maximum atomic E-state index is 5.69. The van der Waals surface area contributed by atoms with E-state index in [0.717, 1.165) is 5.75 Å². The molecule has 0 aliphatic rings. The average molecular weight is 402 g/mol. The van der Waals surface area contributed by atoms with E-state index in [1.54, 1.807) is 30.0 Å². The first-order valence-corrected chi connectivity index (χ1v) is 10.9. The molecular weight excluding hydrogens is 370 g/mol. The SMILES string of the molecule is COc1cc(C)c(C(Sc2ccccc2)=S=NC(C)(C)C)c(C)c1C(C)C. The summed E-state index contributed by atoms with van der Waals surface area (Å²) in [6, 6.07) is 12.7. The van der Waals surface area contributed by atoms with Crippen molar-refractivity contribution in [2.75, 3.05) is 7.11 Å². The molecule has 0 fully saturated rings. The molecule has 2 aromatic rings. The van der Waals surface area contributed by atoms with Crippen LogP contribution in [0.25, 0.3) is 0 Å². The molecule has 0 saturated carbocycles. The molecule has 0 aliphatic carbocycles. The van der Waals surface area contributed by atoms with Crippen LogP contribution in [0.4, 0.5) is 0 Å². The predicted molar refractivity (Wildman–Crippen MR) is 123 cm³/mol. The molecule has 2 rings (SSSR count). The number of nitrogens with zero attached hydrogens (tertiary/aromatic N) is 1. The number of benzene rings is 2. The third-order valence-corrected chi connectivity index (χ3v) is 6.52. The highest BCUT2D eigenvalue weighted by molar-refractivity contribution is 8.21. The third-order valence-electron chi connectivity index (χ3n) is 4.14. The van der Waals surface area contributed by atoms with E-state index in [9.17, 15) is 0 Å². The van der Waals surface area contributed by atoms with Crippen LogP contribution in [0, 0.1) is 13.8 Å². The van der Waals surface area contributed by atoms with Gasteiger partial charge in [0.15, 0.2) is 0 Å². The third kappa shape index (κ3) is 5.73. The molecular formula is C23H31NOS2. The molecule has 0 N–H and O–H groups in total. The van der Waals surface area contributed by atoms with Crippen LogP contribution in [0.15, 0.2) is 45.7 Å². The van der Waals surface area contributed by atoms with Gasteiger partial charge >= 0.3 is 0 Å². The number of methoxy groups -OCH3 is 1. The molecule has 0 amide bonds. The van der Waals surface area contributed by atoms with Crippen LogP contribution in [-0.2, 0) is 11.1 Å². The second kappa shape index (κ2) is 9.11. The van der Waals surface area contributed by atoms with Gasteiger partial charge in [0, 0.05) is 16.0 Å². The molecule has 0 bridgehead atoms. The highest BCUT2D eigenvalue weighted by Gasteiger charge is 2.20. The predicted octanol–water partition coefficient (Wildman–Crippen LogP) is 6.77. The quantitative estimate of drug-likeness (QED) is 0.416. The van der Waals surface area contributed by atoms with E-state index in [1.165, 1.54) is 31.3 Å². The van der Waals surface area contributed by atoms with Crippen molar-refractivity contribution in [2.24, 2.45) is 4.36 Å². The van der Waals surface area contributed by atoms with Crippen LogP contribution >= 0.6 is 11.8 Å². The molecule has 0 saturated heterocycles. The lowest BCUT2D eigenvalue weighted by atomic mass is 9.91. The van der Waals surface area contributed by atoms with E-state index >= 15 is 0 Å². The summed E-state index contributed by atoms with van der Waals surface area (Å²) in [4.78, 5) is 1.23. The van der Waals surface area contributed by atoms with Crippen molar-refractivity contribution < 1.29 is 4.74 Å². The Morgan fingerprint density at radius 1 is 1.07 bits per heavy atom. The van der Waals surface area contributed by atoms with Crippen LogP contribution in [0.2, 0.25) is 0 Å². The second-order valence-corrected chi connectivity index (χ2v) is 10.1. The maximum absolute atomic E-state index is 5.69. The Hall–Kier alpha value is -1.52. The molecule has 0 unspecified atom stereocenters. The lowest BCUT2D eigenvalue weighted by Crippen LogP contribution is -2.11. The Labute approximate surface area is 172 Å². The molecule has 4 heteroatoms. The van der Waals surface area contributed by atoms with Gasteiger partial charge in [-0.15, -0.1) is 0 Å². The fourth-order valence-corrected chi connectivity index (χ4v) is 5.29. The summed E-state index contributed by atoms with van der Waals surface area (Å²) in [5.41, 5.74) is 4.98. The molecule has 0 spiro atoms. The van der Waals surface area contributed by atoms with Crippen LogP contribution in [0.1, 0.15) is 62.8 Å². The topological polar surface area (TPSA) is 21.6 Å². The summed E-state index contributed by atoms with van der Waals surface area (Å²) in [5.74, 6) is 1.37. The van der Waals surface area contributed by atoms with E-state index in [2.05, 4.69) is 84.9 Å². The van der Waals surface area contributed by atoms with Crippen molar-refractivity contribution in [3.05, 3.63) is 58.7 Å². The maximum Gasteiger partial charge on any atom is 0.122 e. The minimum absolute atomic E-state index is 0.0949. The smallest absolute Gasteiger partial charge is 0.122 e. The van der Waals surface area contributed by atoms with Crippen LogP contribution < -0.4 is 4.74 Å². The fourth-order valence-electron chi connectivity index (χ4n) is 3.05. The van der Waals surface area contributed by atoms with Gasteiger partial charge in [-0.1, -0.05) is 43.8 Å². The Morgan fingerprint density at radius 2 is 1.70 bits per heavy atom. The number of hydrogen-bond donors (Lipinski definition) is 0. The summed E-state index contributed by atoms with van der Waals surface area (Å²) in [6.07, 6.45) is 0. The molecule has 0 heterocycles. The van der Waals surface area contributed by atoms with E-state index in [1.807, 2.05) is 0 Å². The Balaban J connectivity index is 2.73. The molecule has 0 aromatic heterocycles. The van der Waals surface area contributed by atoms with Gasteiger partial charge in [-0.3, -0.25) is 0 Å². The van der Waals surface area contributed by atoms with Gasteiger partial charge in [0.2, 0.25) is 0 Å². The zero-order chi connectivity index (χ0) is 20.2. The molecule has 0 radical (unpaired) electrons. The summed E-state index contributed by atoms with van der Waals surface area (Å²) in [7, 11) is 1.76. The van der Waals surface area contributed by atoms with Crippen molar-refractivity contribution in [1.82, 2.24) is 0 Å². The van der Waals surface area contributed by atoms with Crippen LogP contribution in [0.5, 0.6) is 5.75 Å². The standard InChI is InChI=1S/C23H31NOS2/c1-15(2)20-17(4)21(16(3)14-19(20)25-8)22(27-24-23(5,6)7)26-18-12-10-9-11-13-18/h9-15H,1-8H3. The van der Waals surface area contributed by atoms with Crippen LogP contribution in [0.3, 0.4) is 0 Å². The summed E-state index contributed by atoms with van der Waals surface area (Å²) >= 11 is 3.39. The zero-order valence-electron chi connectivity index (χ0n) is 17.7. The lowest BCUT2D eigenvalue weighted by Gasteiger charge is -2.21. The minimum Gasteiger partial charge on any atom is -0.496 e. The number of thioether (sulfide) groups is 1. The number of rotatable bonds is 4. The minimum atomic E-state index is -0.0949. The first kappa shape index (κ1) is 21.8. The van der Waals surface area contributed by atoms with Gasteiger partial charge in [-0.05, 0) is 81.0 Å². The average Bonchev–Trinajstić information content (AvgIpc) is 2.58. The molecule has 0 atom stereocenters. The fraction of sp³-hybridized carbons (Fsp3) is 0.435. The largest absolute Gasteiger partial charge is 0.496 e. The van der Waals surface area contributed by atoms with Crippen molar-refractivity contribution in [1.29, 1.82) is 0 Å². The van der Waals surface area contributed by atoms with E-state index < -0.39 is 0 Å². The van der Waals surface area contributed by atoms with Gasteiger partial charge in [0.25, 0.3) is 0 Å². The van der Waals surface area contributed by atoms with E-state index in [0.29, 0.717) is 5.92 Å². The van der Waals surface area contributed by atoms with E-state index in [-0.39, 0.29) is 5.54 Å². The first-order valence-electron chi connectivity index (χ1n) is 9.31. The van der Waals surface area contributed by atoms with Gasteiger partial charge in [-0.25, -0.2) is 4.36 Å². The summed E-state index contributed by atoms with van der Waals surface area (Å²) in [6.45, 7) is 15.2. The molecule has 2 nitrogen and oxygen atoms in total. The van der Waals surface area contributed by atoms with Gasteiger partial charge in [0.1, 0.15) is 5.75 Å². The number of hydrogen-bond acceptors (Lipinski definition) is 3. The second-order valence-electron chi connectivity index (χ2n) is 8.02. The normalized spacial score (nSPS) is 11.4. The Morgan fingerprint density at radius 3 is 2.22 bits per heavy atom. The molecule has 27 heavy (non-hydrogen) atoms. The Kier molecular flexibility index (Phi) is 7.35. The molecule has 146 valence electrons. The summed E-state index contributed by atoms with van der Waals surface area (Å²) in [5, 5.41) is 0. The molecule has 0 aliphatic heterocycles. The van der Waals surface area contributed by atoms with Crippen molar-refractivity contribution >= 4 is 27.1 Å². The van der Waals surface area contributed by atoms with Crippen molar-refractivity contribution in [2.45, 2.75) is 64.8 Å². The monoisotopic (exact) mass is 401 g/mol. The van der Waals surface area contributed by atoms with Crippen molar-refractivity contribution in [3.8, 4) is 5.75 Å². The highest BCUT2D eigenvalue weighted by atomic mass is 32.2. The van der Waals surface area contributed by atoms with Gasteiger partial charge in [-0.2, -0.15) is 0 Å². The van der Waals surface area contributed by atoms with Crippen molar-refractivity contribution in [3.63, 3.8) is 0 Å². The zero-order valence-corrected chi connectivity index (χ0v) is 19.3.